The maximum Gasteiger partial charge on any atom is 0.419 e. The van der Waals surface area contributed by atoms with Crippen LogP contribution in [-0.4, -0.2) is 16.3 Å². The van der Waals surface area contributed by atoms with Gasteiger partial charge in [0.25, 0.3) is 0 Å². The fraction of sp³-hybridized carbons (Fsp3) is 0.357. The molecule has 5 heteroatoms. The van der Waals surface area contributed by atoms with Gasteiger partial charge in [0.05, 0.1) is 5.52 Å². The van der Waals surface area contributed by atoms with Crippen molar-refractivity contribution in [3.05, 3.63) is 34.7 Å². The zero-order valence-corrected chi connectivity index (χ0v) is 12.0. The van der Waals surface area contributed by atoms with Crippen LogP contribution in [0.2, 0.25) is 5.02 Å². The molecule has 19 heavy (non-hydrogen) atoms. The van der Waals surface area contributed by atoms with E-state index in [1.54, 1.807) is 40.0 Å². The van der Waals surface area contributed by atoms with Crippen molar-refractivity contribution in [1.82, 2.24) is 4.57 Å². The fourth-order valence-corrected chi connectivity index (χ4v) is 2.10. The van der Waals surface area contributed by atoms with E-state index in [0.29, 0.717) is 10.4 Å². The van der Waals surface area contributed by atoms with Gasteiger partial charge in [-0.05, 0) is 45.4 Å². The second-order valence-electron chi connectivity index (χ2n) is 5.45. The minimum atomic E-state index is -0.634. The number of nitrogens with zero attached hydrogens (tertiary/aromatic N) is 1. The number of benzene rings is 1. The highest BCUT2D eigenvalue weighted by Gasteiger charge is 2.21. The number of ether oxygens (including phenoxy) is 1. The molecule has 0 aliphatic carbocycles. The molecule has 1 heterocycles. The van der Waals surface area contributed by atoms with Gasteiger partial charge in [-0.3, -0.25) is 0 Å². The molecule has 0 unspecified atom stereocenters. The Morgan fingerprint density at radius 3 is 2.58 bits per heavy atom. The Morgan fingerprint density at radius 1 is 1.37 bits per heavy atom. The largest absolute Gasteiger partial charge is 0.443 e. The van der Waals surface area contributed by atoms with Crippen LogP contribution in [0.5, 0.6) is 0 Å². The maximum absolute atomic E-state index is 14.0. The third-order valence-corrected chi connectivity index (χ3v) is 2.83. The first-order chi connectivity index (χ1) is 8.69. The van der Waals surface area contributed by atoms with Crippen LogP contribution >= 0.6 is 11.6 Å². The van der Waals surface area contributed by atoms with Crippen molar-refractivity contribution in [2.45, 2.75) is 33.3 Å². The van der Waals surface area contributed by atoms with E-state index < -0.39 is 17.5 Å². The summed E-state index contributed by atoms with van der Waals surface area (Å²) in [7, 11) is 0. The molecular weight excluding hydrogens is 269 g/mol. The molecule has 0 fully saturated rings. The predicted octanol–water partition coefficient (Wildman–Crippen LogP) is 4.53. The Morgan fingerprint density at radius 2 is 2.00 bits per heavy atom. The molecule has 0 spiro atoms. The SMILES string of the molecule is Cc1cn(C(=O)OC(C)(C)C)c2c(F)cc(Cl)cc12. The van der Waals surface area contributed by atoms with Gasteiger partial charge in [0.15, 0.2) is 0 Å². The number of rotatable bonds is 0. The van der Waals surface area contributed by atoms with Gasteiger partial charge < -0.3 is 4.74 Å². The summed E-state index contributed by atoms with van der Waals surface area (Å²) in [4.78, 5) is 12.1. The molecule has 1 aromatic carbocycles. The van der Waals surface area contributed by atoms with Crippen molar-refractivity contribution < 1.29 is 13.9 Å². The van der Waals surface area contributed by atoms with Crippen LogP contribution in [0.4, 0.5) is 9.18 Å². The average Bonchev–Trinajstić information content (AvgIpc) is 2.54. The molecule has 0 saturated carbocycles. The van der Waals surface area contributed by atoms with E-state index in [9.17, 15) is 9.18 Å². The minimum Gasteiger partial charge on any atom is -0.443 e. The lowest BCUT2D eigenvalue weighted by atomic mass is 10.2. The minimum absolute atomic E-state index is 0.191. The van der Waals surface area contributed by atoms with Crippen molar-refractivity contribution in [3.8, 4) is 0 Å². The van der Waals surface area contributed by atoms with Crippen molar-refractivity contribution in [2.24, 2.45) is 0 Å². The molecule has 0 bridgehead atoms. The molecule has 2 rings (SSSR count). The van der Waals surface area contributed by atoms with Gasteiger partial charge in [-0.25, -0.2) is 13.8 Å². The molecule has 0 amide bonds. The smallest absolute Gasteiger partial charge is 0.419 e. The van der Waals surface area contributed by atoms with E-state index in [-0.39, 0.29) is 5.52 Å². The number of aromatic nitrogens is 1. The summed E-state index contributed by atoms with van der Waals surface area (Å²) in [6.07, 6.45) is 0.949. The van der Waals surface area contributed by atoms with Gasteiger partial charge in [-0.1, -0.05) is 11.6 Å². The molecule has 1 aromatic heterocycles. The van der Waals surface area contributed by atoms with Crippen LogP contribution in [0.3, 0.4) is 0 Å². The van der Waals surface area contributed by atoms with Gasteiger partial charge in [0.1, 0.15) is 11.4 Å². The number of halogens is 2. The molecular formula is C14H15ClFNO2. The quantitative estimate of drug-likeness (QED) is 0.711. The summed E-state index contributed by atoms with van der Waals surface area (Å²) in [5.74, 6) is -0.540. The Kier molecular flexibility index (Phi) is 3.31. The molecule has 0 saturated heterocycles. The Bertz CT molecular complexity index is 655. The lowest BCUT2D eigenvalue weighted by Gasteiger charge is -2.19. The summed E-state index contributed by atoms with van der Waals surface area (Å²) >= 11 is 5.83. The molecule has 0 N–H and O–H groups in total. The number of carbonyl (C=O) groups excluding carboxylic acids is 1. The summed E-state index contributed by atoms with van der Waals surface area (Å²) < 4.78 is 20.4. The Balaban J connectivity index is 2.59. The highest BCUT2D eigenvalue weighted by Crippen LogP contribution is 2.28. The molecule has 0 aliphatic heterocycles. The predicted molar refractivity (Wildman–Crippen MR) is 73.3 cm³/mol. The number of hydrogen-bond donors (Lipinski definition) is 0. The third-order valence-electron chi connectivity index (χ3n) is 2.61. The van der Waals surface area contributed by atoms with Crippen molar-refractivity contribution in [1.29, 1.82) is 0 Å². The van der Waals surface area contributed by atoms with E-state index in [1.165, 1.54) is 10.6 Å². The highest BCUT2D eigenvalue weighted by atomic mass is 35.5. The first-order valence-electron chi connectivity index (χ1n) is 5.89. The van der Waals surface area contributed by atoms with E-state index in [4.69, 9.17) is 16.3 Å². The zero-order chi connectivity index (χ0) is 14.4. The number of hydrogen-bond acceptors (Lipinski definition) is 2. The maximum atomic E-state index is 14.0. The molecule has 0 atom stereocenters. The van der Waals surface area contributed by atoms with Crippen LogP contribution in [0.25, 0.3) is 10.9 Å². The monoisotopic (exact) mass is 283 g/mol. The van der Waals surface area contributed by atoms with Crippen molar-refractivity contribution >= 4 is 28.6 Å². The molecule has 2 aromatic rings. The Hall–Kier alpha value is -1.55. The highest BCUT2D eigenvalue weighted by molar-refractivity contribution is 6.31. The molecule has 102 valence electrons. The summed E-state index contributed by atoms with van der Waals surface area (Å²) in [6.45, 7) is 7.07. The molecule has 3 nitrogen and oxygen atoms in total. The van der Waals surface area contributed by atoms with Crippen LogP contribution in [0.15, 0.2) is 18.3 Å². The van der Waals surface area contributed by atoms with Gasteiger partial charge in [0, 0.05) is 16.6 Å². The number of carbonyl (C=O) groups is 1. The van der Waals surface area contributed by atoms with Crippen LogP contribution in [-0.2, 0) is 4.74 Å². The van der Waals surface area contributed by atoms with Crippen molar-refractivity contribution in [3.63, 3.8) is 0 Å². The molecule has 0 radical (unpaired) electrons. The fourth-order valence-electron chi connectivity index (χ4n) is 1.89. The van der Waals surface area contributed by atoms with E-state index in [1.807, 2.05) is 0 Å². The average molecular weight is 284 g/mol. The van der Waals surface area contributed by atoms with Gasteiger partial charge in [0.2, 0.25) is 0 Å². The first kappa shape index (κ1) is 13.9. The number of aryl methyl sites for hydroxylation is 1. The number of fused-ring (bicyclic) bond motifs is 1. The lowest BCUT2D eigenvalue weighted by Crippen LogP contribution is -2.26. The van der Waals surface area contributed by atoms with Gasteiger partial charge in [-0.15, -0.1) is 0 Å². The van der Waals surface area contributed by atoms with E-state index >= 15 is 0 Å². The second-order valence-corrected chi connectivity index (χ2v) is 5.88. The first-order valence-corrected chi connectivity index (χ1v) is 6.27. The van der Waals surface area contributed by atoms with Gasteiger partial charge >= 0.3 is 6.09 Å². The van der Waals surface area contributed by atoms with E-state index in [0.717, 1.165) is 5.56 Å². The van der Waals surface area contributed by atoms with Crippen LogP contribution < -0.4 is 0 Å². The molecule has 0 aliphatic rings. The topological polar surface area (TPSA) is 31.2 Å². The van der Waals surface area contributed by atoms with E-state index in [2.05, 4.69) is 0 Å². The van der Waals surface area contributed by atoms with Crippen LogP contribution in [0, 0.1) is 12.7 Å². The second kappa shape index (κ2) is 4.53. The summed E-state index contributed by atoms with van der Waals surface area (Å²) in [6, 6.07) is 2.82. The normalized spacial score (nSPS) is 11.9. The summed E-state index contributed by atoms with van der Waals surface area (Å²) in [5.41, 5.74) is 0.322. The zero-order valence-electron chi connectivity index (χ0n) is 11.3. The van der Waals surface area contributed by atoms with Crippen LogP contribution in [0.1, 0.15) is 26.3 Å². The Labute approximate surface area is 115 Å². The van der Waals surface area contributed by atoms with Crippen molar-refractivity contribution in [2.75, 3.05) is 0 Å². The summed E-state index contributed by atoms with van der Waals surface area (Å²) in [5, 5.41) is 0.908. The van der Waals surface area contributed by atoms with Gasteiger partial charge in [-0.2, -0.15) is 0 Å². The standard InChI is InChI=1S/C14H15ClFNO2/c1-8-7-17(13(18)19-14(2,3)4)12-10(8)5-9(15)6-11(12)16/h5-7H,1-4H3. The third kappa shape index (κ3) is 2.73. The lowest BCUT2D eigenvalue weighted by molar-refractivity contribution is 0.0543.